The molecule has 0 fully saturated rings. The number of ether oxygens (including phenoxy) is 1. The highest BCUT2D eigenvalue weighted by atomic mass is 16.6. The van der Waals surface area contributed by atoms with Crippen LogP contribution in [0.2, 0.25) is 0 Å². The zero-order chi connectivity index (χ0) is 20.4. The molecule has 29 heavy (non-hydrogen) atoms. The van der Waals surface area contributed by atoms with E-state index in [1.807, 2.05) is 67.9 Å². The molecule has 0 aromatic carbocycles. The maximum Gasteiger partial charge on any atom is 0.413 e. The number of hydrogen-bond acceptors (Lipinski definition) is 5. The van der Waals surface area contributed by atoms with Gasteiger partial charge in [0.1, 0.15) is 17.2 Å². The van der Waals surface area contributed by atoms with Gasteiger partial charge in [0.15, 0.2) is 0 Å². The van der Waals surface area contributed by atoms with Crippen molar-refractivity contribution in [2.45, 2.75) is 26.4 Å². The minimum absolute atomic E-state index is 0.399. The summed E-state index contributed by atoms with van der Waals surface area (Å²) in [5.74, 6) is 1.06. The molecule has 0 bridgehead atoms. The van der Waals surface area contributed by atoms with Gasteiger partial charge in [0.2, 0.25) is 0 Å². The van der Waals surface area contributed by atoms with Crippen LogP contribution in [-0.2, 0) is 4.74 Å². The van der Waals surface area contributed by atoms with E-state index in [2.05, 4.69) is 15.3 Å². The van der Waals surface area contributed by atoms with Crippen LogP contribution < -0.4 is 5.32 Å². The van der Waals surface area contributed by atoms with Crippen molar-refractivity contribution in [3.8, 4) is 16.9 Å². The number of fused-ring (bicyclic) bond motifs is 1. The predicted molar refractivity (Wildman–Crippen MR) is 112 cm³/mol. The number of pyridine rings is 3. The SMILES string of the molecule is CC(C)(C)OC(=O)Nc1nc(-n2ccc3ccncc32)ccc1-c1cccnc1. The summed E-state index contributed by atoms with van der Waals surface area (Å²) in [4.78, 5) is 25.5. The predicted octanol–water partition coefficient (Wildman–Crippen LogP) is 4.83. The second-order valence-corrected chi connectivity index (χ2v) is 7.55. The van der Waals surface area contributed by atoms with Crippen molar-refractivity contribution in [3.05, 3.63) is 67.4 Å². The van der Waals surface area contributed by atoms with Gasteiger partial charge in [0.25, 0.3) is 0 Å². The van der Waals surface area contributed by atoms with Crippen LogP contribution in [-0.4, -0.2) is 31.2 Å². The van der Waals surface area contributed by atoms with Crippen molar-refractivity contribution < 1.29 is 9.53 Å². The van der Waals surface area contributed by atoms with Crippen molar-refractivity contribution in [2.75, 3.05) is 5.32 Å². The number of nitrogens with one attached hydrogen (secondary N) is 1. The quantitative estimate of drug-likeness (QED) is 0.544. The second kappa shape index (κ2) is 7.35. The lowest BCUT2D eigenvalue weighted by Gasteiger charge is -2.20. The lowest BCUT2D eigenvalue weighted by molar-refractivity contribution is 0.0635. The highest BCUT2D eigenvalue weighted by Gasteiger charge is 2.19. The Morgan fingerprint density at radius 1 is 1.03 bits per heavy atom. The van der Waals surface area contributed by atoms with E-state index >= 15 is 0 Å². The molecule has 0 unspecified atom stereocenters. The summed E-state index contributed by atoms with van der Waals surface area (Å²) < 4.78 is 7.34. The molecule has 4 rings (SSSR count). The Hall–Kier alpha value is -3.74. The van der Waals surface area contributed by atoms with Crippen molar-refractivity contribution in [3.63, 3.8) is 0 Å². The Kier molecular flexibility index (Phi) is 4.72. The standard InChI is InChI=1S/C22H21N5O2/c1-22(2,3)29-21(28)26-20-17(16-5-4-10-23-13-16)6-7-19(25-20)27-12-9-15-8-11-24-14-18(15)27/h4-14H,1-3H3,(H,25,26,28). The van der Waals surface area contributed by atoms with Crippen molar-refractivity contribution in [1.29, 1.82) is 0 Å². The molecule has 0 saturated carbocycles. The van der Waals surface area contributed by atoms with E-state index in [4.69, 9.17) is 9.72 Å². The molecule has 0 aliphatic rings. The fourth-order valence-corrected chi connectivity index (χ4v) is 3.01. The number of anilines is 1. The first-order valence-electron chi connectivity index (χ1n) is 9.24. The van der Waals surface area contributed by atoms with Gasteiger partial charge in [-0.25, -0.2) is 9.78 Å². The maximum absolute atomic E-state index is 12.4. The molecule has 4 aromatic rings. The molecule has 7 nitrogen and oxygen atoms in total. The van der Waals surface area contributed by atoms with Crippen molar-refractivity contribution >= 4 is 22.8 Å². The van der Waals surface area contributed by atoms with Crippen LogP contribution in [0.4, 0.5) is 10.6 Å². The van der Waals surface area contributed by atoms with Gasteiger partial charge in [-0.15, -0.1) is 0 Å². The molecule has 1 amide bonds. The van der Waals surface area contributed by atoms with Crippen LogP contribution in [0.1, 0.15) is 20.8 Å². The van der Waals surface area contributed by atoms with Crippen LogP contribution in [0.25, 0.3) is 27.8 Å². The highest BCUT2D eigenvalue weighted by Crippen LogP contribution is 2.29. The third-order valence-electron chi connectivity index (χ3n) is 4.21. The molecular weight excluding hydrogens is 366 g/mol. The fourth-order valence-electron chi connectivity index (χ4n) is 3.01. The third kappa shape index (κ3) is 4.08. The smallest absolute Gasteiger partial charge is 0.413 e. The minimum Gasteiger partial charge on any atom is -0.444 e. The Bertz CT molecular complexity index is 1160. The molecule has 4 aromatic heterocycles. The summed E-state index contributed by atoms with van der Waals surface area (Å²) in [6.45, 7) is 5.45. The van der Waals surface area contributed by atoms with Gasteiger partial charge >= 0.3 is 6.09 Å². The number of aromatic nitrogens is 4. The van der Waals surface area contributed by atoms with E-state index in [9.17, 15) is 4.79 Å². The molecule has 0 aliphatic heterocycles. The molecule has 4 heterocycles. The van der Waals surface area contributed by atoms with Gasteiger partial charge < -0.3 is 4.74 Å². The molecular formula is C22H21N5O2. The molecule has 0 spiro atoms. The first-order valence-corrected chi connectivity index (χ1v) is 9.24. The molecule has 146 valence electrons. The third-order valence-corrected chi connectivity index (χ3v) is 4.21. The average molecular weight is 387 g/mol. The maximum atomic E-state index is 12.4. The number of rotatable bonds is 3. The van der Waals surface area contributed by atoms with E-state index in [0.29, 0.717) is 11.6 Å². The Morgan fingerprint density at radius 2 is 1.86 bits per heavy atom. The van der Waals surface area contributed by atoms with Crippen LogP contribution >= 0.6 is 0 Å². The molecule has 7 heteroatoms. The summed E-state index contributed by atoms with van der Waals surface area (Å²) in [6.07, 6.45) is 8.33. The van der Waals surface area contributed by atoms with Crippen molar-refractivity contribution in [2.24, 2.45) is 0 Å². The summed E-state index contributed by atoms with van der Waals surface area (Å²) in [6, 6.07) is 11.5. The summed E-state index contributed by atoms with van der Waals surface area (Å²) in [7, 11) is 0. The van der Waals surface area contributed by atoms with Crippen LogP contribution in [0.5, 0.6) is 0 Å². The Morgan fingerprint density at radius 3 is 2.62 bits per heavy atom. The van der Waals surface area contributed by atoms with E-state index in [-0.39, 0.29) is 0 Å². The number of nitrogens with zero attached hydrogens (tertiary/aromatic N) is 4. The fraction of sp³-hybridized carbons (Fsp3) is 0.182. The second-order valence-electron chi connectivity index (χ2n) is 7.55. The van der Waals surface area contributed by atoms with Gasteiger partial charge in [0.05, 0.1) is 11.7 Å². The normalized spacial score (nSPS) is 11.4. The Labute approximate surface area is 168 Å². The van der Waals surface area contributed by atoms with Gasteiger partial charge in [-0.2, -0.15) is 0 Å². The topological polar surface area (TPSA) is 81.9 Å². The average Bonchev–Trinajstić information content (AvgIpc) is 3.11. The van der Waals surface area contributed by atoms with E-state index in [1.165, 1.54) is 0 Å². The first kappa shape index (κ1) is 18.6. The zero-order valence-corrected chi connectivity index (χ0v) is 16.5. The number of hydrogen-bond donors (Lipinski definition) is 1. The van der Waals surface area contributed by atoms with Crippen LogP contribution in [0.3, 0.4) is 0 Å². The zero-order valence-electron chi connectivity index (χ0n) is 16.5. The lowest BCUT2D eigenvalue weighted by Crippen LogP contribution is -2.27. The van der Waals surface area contributed by atoms with Crippen LogP contribution in [0, 0.1) is 0 Å². The van der Waals surface area contributed by atoms with Gasteiger partial charge in [-0.3, -0.25) is 19.9 Å². The highest BCUT2D eigenvalue weighted by molar-refractivity contribution is 5.90. The molecule has 0 radical (unpaired) electrons. The molecule has 0 aliphatic carbocycles. The molecule has 0 atom stereocenters. The summed E-state index contributed by atoms with van der Waals surface area (Å²) >= 11 is 0. The lowest BCUT2D eigenvalue weighted by atomic mass is 10.1. The van der Waals surface area contributed by atoms with E-state index in [1.54, 1.807) is 24.8 Å². The summed E-state index contributed by atoms with van der Waals surface area (Å²) in [5.41, 5.74) is 1.91. The van der Waals surface area contributed by atoms with Crippen molar-refractivity contribution in [1.82, 2.24) is 19.5 Å². The number of carbonyl (C=O) groups is 1. The molecule has 0 saturated heterocycles. The molecule has 1 N–H and O–H groups in total. The Balaban J connectivity index is 1.78. The summed E-state index contributed by atoms with van der Waals surface area (Å²) in [5, 5.41) is 3.84. The van der Waals surface area contributed by atoms with E-state index < -0.39 is 11.7 Å². The largest absolute Gasteiger partial charge is 0.444 e. The van der Waals surface area contributed by atoms with Gasteiger partial charge in [0, 0.05) is 41.3 Å². The number of amides is 1. The first-order chi connectivity index (χ1) is 13.9. The number of carbonyl (C=O) groups excluding carboxylic acids is 1. The van der Waals surface area contributed by atoms with Gasteiger partial charge in [-0.05, 0) is 51.1 Å². The monoisotopic (exact) mass is 387 g/mol. The minimum atomic E-state index is -0.613. The van der Waals surface area contributed by atoms with E-state index in [0.717, 1.165) is 22.0 Å². The van der Waals surface area contributed by atoms with Crippen LogP contribution in [0.15, 0.2) is 67.4 Å². The van der Waals surface area contributed by atoms with Gasteiger partial charge in [-0.1, -0.05) is 6.07 Å².